The molecule has 1 amide bonds. The first-order valence-corrected chi connectivity index (χ1v) is 9.20. The van der Waals surface area contributed by atoms with Gasteiger partial charge >= 0.3 is 5.97 Å². The molecule has 9 heteroatoms. The fraction of sp³-hybridized carbons (Fsp3) is 0.222. The van der Waals surface area contributed by atoms with Crippen molar-refractivity contribution in [3.63, 3.8) is 0 Å². The minimum atomic E-state index is -0.567. The van der Waals surface area contributed by atoms with Gasteiger partial charge in [-0.05, 0) is 30.7 Å². The van der Waals surface area contributed by atoms with Gasteiger partial charge in [-0.15, -0.1) is 11.8 Å². The van der Waals surface area contributed by atoms with Crippen LogP contribution in [0.4, 0.5) is 5.69 Å². The van der Waals surface area contributed by atoms with Gasteiger partial charge in [0.2, 0.25) is 0 Å². The molecule has 0 aliphatic heterocycles. The molecule has 1 atom stereocenters. The van der Waals surface area contributed by atoms with Crippen LogP contribution in [0.25, 0.3) is 0 Å². The molecular formula is C18H17ClN2O5S. The smallest absolute Gasteiger partial charge is 0.319 e. The monoisotopic (exact) mass is 408 g/mol. The molecule has 2 aromatic carbocycles. The van der Waals surface area contributed by atoms with E-state index in [0.717, 1.165) is 5.56 Å². The predicted molar refractivity (Wildman–Crippen MR) is 103 cm³/mol. The number of halogens is 1. The summed E-state index contributed by atoms with van der Waals surface area (Å²) in [6.45, 7) is 1.48. The second kappa shape index (κ2) is 9.94. The zero-order valence-electron chi connectivity index (χ0n) is 14.4. The molecule has 0 saturated carbocycles. The van der Waals surface area contributed by atoms with Crippen LogP contribution >= 0.6 is 23.4 Å². The highest BCUT2D eigenvalue weighted by Crippen LogP contribution is 2.26. The van der Waals surface area contributed by atoms with Crippen molar-refractivity contribution in [1.29, 1.82) is 0 Å². The van der Waals surface area contributed by atoms with Crippen LogP contribution in [0.15, 0.2) is 53.4 Å². The van der Waals surface area contributed by atoms with Crippen LogP contribution in [-0.4, -0.2) is 28.7 Å². The van der Waals surface area contributed by atoms with Gasteiger partial charge in [-0.2, -0.15) is 0 Å². The van der Waals surface area contributed by atoms with E-state index in [1.54, 1.807) is 37.3 Å². The Bertz CT molecular complexity index is 829. The summed E-state index contributed by atoms with van der Waals surface area (Å²) in [7, 11) is 0. The van der Waals surface area contributed by atoms with Gasteiger partial charge < -0.3 is 10.1 Å². The number of rotatable bonds is 8. The molecule has 0 unspecified atom stereocenters. The van der Waals surface area contributed by atoms with Gasteiger partial charge in [0.05, 0.1) is 4.92 Å². The number of benzene rings is 2. The van der Waals surface area contributed by atoms with Gasteiger partial charge in [-0.1, -0.05) is 29.8 Å². The van der Waals surface area contributed by atoms with Crippen LogP contribution in [0.3, 0.4) is 0 Å². The molecule has 0 bridgehead atoms. The van der Waals surface area contributed by atoms with Crippen molar-refractivity contribution < 1.29 is 19.2 Å². The summed E-state index contributed by atoms with van der Waals surface area (Å²) in [5.41, 5.74) is 0.741. The second-order valence-corrected chi connectivity index (χ2v) is 7.31. The molecule has 0 radical (unpaired) electrons. The molecule has 0 saturated heterocycles. The molecule has 0 aromatic heterocycles. The molecular weight excluding hydrogens is 392 g/mol. The zero-order valence-corrected chi connectivity index (χ0v) is 16.0. The minimum absolute atomic E-state index is 0.0234. The van der Waals surface area contributed by atoms with Crippen molar-refractivity contribution in [3.8, 4) is 0 Å². The number of ether oxygens (including phenoxy) is 1. The first-order valence-electron chi connectivity index (χ1n) is 7.94. The maximum atomic E-state index is 12.0. The van der Waals surface area contributed by atoms with Crippen LogP contribution in [0, 0.1) is 10.1 Å². The summed E-state index contributed by atoms with van der Waals surface area (Å²) < 4.78 is 5.01. The molecule has 2 rings (SSSR count). The topological polar surface area (TPSA) is 98.5 Å². The van der Waals surface area contributed by atoms with Gasteiger partial charge in [0.15, 0.2) is 6.61 Å². The number of nitro benzene ring substituents is 1. The highest BCUT2D eigenvalue weighted by atomic mass is 35.5. The number of nitrogens with zero attached hydrogens (tertiary/aromatic N) is 1. The quantitative estimate of drug-likeness (QED) is 0.310. The standard InChI is InChI=1S/C18H17ClN2O5S/c1-12(27-15-8-6-14(7-9-15)21(24)25)18(23)26-11-17(22)20-10-13-4-2-3-5-16(13)19/h2-9,12H,10-11H2,1H3,(H,20,22)/t12-/m1/s1. The third kappa shape index (κ3) is 6.58. The predicted octanol–water partition coefficient (Wildman–Crippen LogP) is 3.59. The number of nitrogens with one attached hydrogen (secondary N) is 1. The number of thioether (sulfide) groups is 1. The zero-order chi connectivity index (χ0) is 19.8. The van der Waals surface area contributed by atoms with Crippen LogP contribution in [0.5, 0.6) is 0 Å². The van der Waals surface area contributed by atoms with Gasteiger partial charge in [0.25, 0.3) is 11.6 Å². The number of hydrogen-bond acceptors (Lipinski definition) is 6. The Kier molecular flexibility index (Phi) is 7.63. The highest BCUT2D eigenvalue weighted by molar-refractivity contribution is 8.00. The number of nitro groups is 1. The lowest BCUT2D eigenvalue weighted by molar-refractivity contribution is -0.384. The molecule has 142 valence electrons. The van der Waals surface area contributed by atoms with Gasteiger partial charge in [0.1, 0.15) is 5.25 Å². The summed E-state index contributed by atoms with van der Waals surface area (Å²) in [5, 5.41) is 13.2. The third-order valence-corrected chi connectivity index (χ3v) is 4.93. The van der Waals surface area contributed by atoms with E-state index in [0.29, 0.717) is 9.92 Å². The molecule has 0 spiro atoms. The Morgan fingerprint density at radius 1 is 1.22 bits per heavy atom. The average Bonchev–Trinajstić information content (AvgIpc) is 2.65. The maximum absolute atomic E-state index is 12.0. The van der Waals surface area contributed by atoms with Crippen molar-refractivity contribution in [1.82, 2.24) is 5.32 Å². The Labute approximate surface area is 165 Å². The van der Waals surface area contributed by atoms with Gasteiger partial charge in [-0.25, -0.2) is 0 Å². The summed E-state index contributed by atoms with van der Waals surface area (Å²) in [6.07, 6.45) is 0. The second-order valence-electron chi connectivity index (χ2n) is 5.49. The van der Waals surface area contributed by atoms with Crippen LogP contribution in [-0.2, 0) is 20.9 Å². The van der Waals surface area contributed by atoms with Gasteiger partial charge in [0, 0.05) is 28.6 Å². The van der Waals surface area contributed by atoms with Gasteiger partial charge in [-0.3, -0.25) is 19.7 Å². The van der Waals surface area contributed by atoms with E-state index in [1.807, 2.05) is 6.07 Å². The minimum Gasteiger partial charge on any atom is -0.455 e. The number of non-ortho nitro benzene ring substituents is 1. The molecule has 0 heterocycles. The van der Waals surface area contributed by atoms with Crippen molar-refractivity contribution in [2.75, 3.05) is 6.61 Å². The lowest BCUT2D eigenvalue weighted by Gasteiger charge is -2.11. The van der Waals surface area contributed by atoms with E-state index in [2.05, 4.69) is 5.32 Å². The number of amides is 1. The normalized spacial score (nSPS) is 11.5. The van der Waals surface area contributed by atoms with E-state index < -0.39 is 28.7 Å². The molecule has 1 N–H and O–H groups in total. The molecule has 2 aromatic rings. The van der Waals surface area contributed by atoms with Crippen LogP contribution < -0.4 is 5.32 Å². The van der Waals surface area contributed by atoms with E-state index in [-0.39, 0.29) is 12.2 Å². The SMILES string of the molecule is C[C@@H](Sc1ccc([N+](=O)[O-])cc1)C(=O)OCC(=O)NCc1ccccc1Cl. The summed E-state index contributed by atoms with van der Waals surface area (Å²) >= 11 is 7.19. The molecule has 27 heavy (non-hydrogen) atoms. The van der Waals surface area contributed by atoms with Crippen molar-refractivity contribution in [3.05, 3.63) is 69.2 Å². The summed E-state index contributed by atoms with van der Waals surface area (Å²) in [4.78, 5) is 34.6. The summed E-state index contributed by atoms with van der Waals surface area (Å²) in [6, 6.07) is 13.0. The fourth-order valence-corrected chi connectivity index (χ4v) is 3.11. The Balaban J connectivity index is 1.76. The Hall–Kier alpha value is -2.58. The molecule has 0 fully saturated rings. The van der Waals surface area contributed by atoms with E-state index in [1.165, 1.54) is 23.9 Å². The average molecular weight is 409 g/mol. The molecule has 0 aliphatic rings. The number of carbonyl (C=O) groups is 2. The van der Waals surface area contributed by atoms with Crippen LogP contribution in [0.2, 0.25) is 5.02 Å². The first kappa shape index (κ1) is 20.7. The van der Waals surface area contributed by atoms with Crippen molar-refractivity contribution in [2.45, 2.75) is 23.6 Å². The molecule has 0 aliphatic carbocycles. The molecule has 7 nitrogen and oxygen atoms in total. The lowest BCUT2D eigenvalue weighted by Crippen LogP contribution is -2.30. The van der Waals surface area contributed by atoms with E-state index >= 15 is 0 Å². The van der Waals surface area contributed by atoms with E-state index in [4.69, 9.17) is 16.3 Å². The van der Waals surface area contributed by atoms with E-state index in [9.17, 15) is 19.7 Å². The number of esters is 1. The first-order chi connectivity index (χ1) is 12.9. The van der Waals surface area contributed by atoms with Crippen molar-refractivity contribution >= 4 is 40.9 Å². The third-order valence-electron chi connectivity index (χ3n) is 3.47. The Morgan fingerprint density at radius 3 is 2.52 bits per heavy atom. The maximum Gasteiger partial charge on any atom is 0.319 e. The van der Waals surface area contributed by atoms with Crippen LogP contribution in [0.1, 0.15) is 12.5 Å². The number of hydrogen-bond donors (Lipinski definition) is 1. The lowest BCUT2D eigenvalue weighted by atomic mass is 10.2. The largest absolute Gasteiger partial charge is 0.455 e. The highest BCUT2D eigenvalue weighted by Gasteiger charge is 2.18. The fourth-order valence-electron chi connectivity index (χ4n) is 2.04. The van der Waals surface area contributed by atoms with Crippen molar-refractivity contribution in [2.24, 2.45) is 0 Å². The Morgan fingerprint density at radius 2 is 1.89 bits per heavy atom. The number of carbonyl (C=O) groups excluding carboxylic acids is 2. The summed E-state index contributed by atoms with van der Waals surface area (Å²) in [5.74, 6) is -0.984.